The zero-order chi connectivity index (χ0) is 14.8. The summed E-state index contributed by atoms with van der Waals surface area (Å²) in [6, 6.07) is 11.8. The maximum absolute atomic E-state index is 12.4. The summed E-state index contributed by atoms with van der Waals surface area (Å²) in [5.74, 6) is 2.47. The Hall–Kier alpha value is -1.77. The van der Waals surface area contributed by atoms with Crippen molar-refractivity contribution in [2.75, 3.05) is 4.72 Å². The predicted octanol–water partition coefficient (Wildman–Crippen LogP) is 3.54. The van der Waals surface area contributed by atoms with Crippen molar-refractivity contribution in [1.82, 2.24) is 0 Å². The van der Waals surface area contributed by atoms with Gasteiger partial charge in [-0.25, -0.2) is 8.42 Å². The Morgan fingerprint density at radius 2 is 1.95 bits per heavy atom. The molecular weight excluding hydrogens is 338 g/mol. The van der Waals surface area contributed by atoms with Crippen LogP contribution in [-0.2, 0) is 10.0 Å². The topological polar surface area (TPSA) is 46.2 Å². The average Bonchev–Trinajstić information content (AvgIpc) is 2.41. The Balaban J connectivity index is 2.41. The van der Waals surface area contributed by atoms with Gasteiger partial charge in [0.15, 0.2) is 0 Å². The lowest BCUT2D eigenvalue weighted by molar-refractivity contribution is 0.600. The SMILES string of the molecule is C#Cc1cccc(NS(=O)(=O)c2cc(Br)ccc2C)c1. The van der Waals surface area contributed by atoms with Crippen LogP contribution in [0.4, 0.5) is 5.69 Å². The molecule has 0 aliphatic heterocycles. The van der Waals surface area contributed by atoms with E-state index in [1.54, 1.807) is 49.4 Å². The third-order valence-electron chi connectivity index (χ3n) is 2.72. The fraction of sp³-hybridized carbons (Fsp3) is 0.0667. The molecule has 2 aromatic rings. The molecule has 20 heavy (non-hydrogen) atoms. The molecule has 2 aromatic carbocycles. The van der Waals surface area contributed by atoms with Crippen LogP contribution in [0, 0.1) is 19.3 Å². The number of terminal acetylenes is 1. The van der Waals surface area contributed by atoms with Crippen LogP contribution in [0.25, 0.3) is 0 Å². The molecule has 0 amide bonds. The number of hydrogen-bond donors (Lipinski definition) is 1. The molecule has 0 atom stereocenters. The van der Waals surface area contributed by atoms with Crippen molar-refractivity contribution in [3.8, 4) is 12.3 Å². The number of hydrogen-bond acceptors (Lipinski definition) is 2. The molecule has 0 unspecified atom stereocenters. The second-order valence-electron chi connectivity index (χ2n) is 4.24. The summed E-state index contributed by atoms with van der Waals surface area (Å²) in [6.07, 6.45) is 5.30. The molecule has 0 saturated carbocycles. The van der Waals surface area contributed by atoms with Gasteiger partial charge in [-0.15, -0.1) is 6.42 Å². The van der Waals surface area contributed by atoms with E-state index in [1.165, 1.54) is 0 Å². The number of benzene rings is 2. The smallest absolute Gasteiger partial charge is 0.262 e. The Kier molecular flexibility index (Phi) is 4.17. The molecular formula is C15H12BrNO2S. The van der Waals surface area contributed by atoms with Crippen molar-refractivity contribution in [1.29, 1.82) is 0 Å². The first-order valence-electron chi connectivity index (χ1n) is 5.78. The molecule has 2 rings (SSSR count). The van der Waals surface area contributed by atoms with Gasteiger partial charge in [-0.1, -0.05) is 34.0 Å². The van der Waals surface area contributed by atoms with Crippen LogP contribution in [0.3, 0.4) is 0 Å². The van der Waals surface area contributed by atoms with Crippen LogP contribution in [0.1, 0.15) is 11.1 Å². The number of anilines is 1. The highest BCUT2D eigenvalue weighted by Gasteiger charge is 2.17. The van der Waals surface area contributed by atoms with Crippen LogP contribution >= 0.6 is 15.9 Å². The second-order valence-corrected chi connectivity index (χ2v) is 6.81. The van der Waals surface area contributed by atoms with E-state index in [2.05, 4.69) is 26.6 Å². The van der Waals surface area contributed by atoms with Gasteiger partial charge in [0, 0.05) is 10.0 Å². The lowest BCUT2D eigenvalue weighted by Crippen LogP contribution is -2.14. The van der Waals surface area contributed by atoms with E-state index in [-0.39, 0.29) is 4.90 Å². The van der Waals surface area contributed by atoms with Gasteiger partial charge in [-0.2, -0.15) is 0 Å². The number of rotatable bonds is 3. The molecule has 3 nitrogen and oxygen atoms in total. The van der Waals surface area contributed by atoms with Crippen molar-refractivity contribution in [2.24, 2.45) is 0 Å². The summed E-state index contributed by atoms with van der Waals surface area (Å²) in [7, 11) is -3.64. The van der Waals surface area contributed by atoms with E-state index < -0.39 is 10.0 Å². The minimum absolute atomic E-state index is 0.234. The van der Waals surface area contributed by atoms with E-state index in [1.807, 2.05) is 0 Å². The summed E-state index contributed by atoms with van der Waals surface area (Å²) in [5.41, 5.74) is 1.74. The van der Waals surface area contributed by atoms with Gasteiger partial charge in [0.2, 0.25) is 0 Å². The van der Waals surface area contributed by atoms with Crippen LogP contribution in [0.2, 0.25) is 0 Å². The molecule has 0 saturated heterocycles. The highest BCUT2D eigenvalue weighted by molar-refractivity contribution is 9.10. The van der Waals surface area contributed by atoms with Crippen LogP contribution in [0.5, 0.6) is 0 Å². The zero-order valence-corrected chi connectivity index (χ0v) is 13.1. The molecule has 102 valence electrons. The fourth-order valence-corrected chi connectivity index (χ4v) is 3.58. The van der Waals surface area contributed by atoms with Gasteiger partial charge in [-0.05, 0) is 42.8 Å². The minimum atomic E-state index is -3.64. The molecule has 0 spiro atoms. The Labute approximate surface area is 127 Å². The maximum atomic E-state index is 12.4. The van der Waals surface area contributed by atoms with Gasteiger partial charge in [-0.3, -0.25) is 4.72 Å². The Bertz CT molecular complexity index is 792. The van der Waals surface area contributed by atoms with E-state index in [9.17, 15) is 8.42 Å². The Morgan fingerprint density at radius 1 is 1.20 bits per heavy atom. The van der Waals surface area contributed by atoms with Gasteiger partial charge < -0.3 is 0 Å². The van der Waals surface area contributed by atoms with Crippen molar-refractivity contribution >= 4 is 31.6 Å². The monoisotopic (exact) mass is 349 g/mol. The zero-order valence-electron chi connectivity index (χ0n) is 10.7. The van der Waals surface area contributed by atoms with Gasteiger partial charge >= 0.3 is 0 Å². The molecule has 0 aromatic heterocycles. The van der Waals surface area contributed by atoms with Gasteiger partial charge in [0.1, 0.15) is 0 Å². The highest BCUT2D eigenvalue weighted by atomic mass is 79.9. The van der Waals surface area contributed by atoms with Gasteiger partial charge in [0.05, 0.1) is 10.6 Å². The van der Waals surface area contributed by atoms with Crippen molar-refractivity contribution < 1.29 is 8.42 Å². The number of sulfonamides is 1. The lowest BCUT2D eigenvalue weighted by atomic mass is 10.2. The second kappa shape index (κ2) is 5.70. The normalized spacial score (nSPS) is 10.8. The van der Waals surface area contributed by atoms with E-state index in [4.69, 9.17) is 6.42 Å². The standard InChI is InChI=1S/C15H12BrNO2S/c1-3-12-5-4-6-14(9-12)17-20(18,19)15-10-13(16)8-7-11(15)2/h1,4-10,17H,2H3. The van der Waals surface area contributed by atoms with Crippen LogP contribution < -0.4 is 4.72 Å². The number of aryl methyl sites for hydroxylation is 1. The van der Waals surface area contributed by atoms with E-state index in [0.717, 1.165) is 0 Å². The summed E-state index contributed by atoms with van der Waals surface area (Å²) in [6.45, 7) is 1.75. The number of halogens is 1. The summed E-state index contributed by atoms with van der Waals surface area (Å²) < 4.78 is 28.0. The van der Waals surface area contributed by atoms with Crippen molar-refractivity contribution in [3.63, 3.8) is 0 Å². The molecule has 5 heteroatoms. The lowest BCUT2D eigenvalue weighted by Gasteiger charge is -2.11. The molecule has 0 heterocycles. The third kappa shape index (κ3) is 3.21. The fourth-order valence-electron chi connectivity index (χ4n) is 1.75. The largest absolute Gasteiger partial charge is 0.280 e. The first kappa shape index (κ1) is 14.6. The quantitative estimate of drug-likeness (QED) is 0.861. The van der Waals surface area contributed by atoms with Crippen LogP contribution in [0.15, 0.2) is 51.8 Å². The highest BCUT2D eigenvalue weighted by Crippen LogP contribution is 2.23. The third-order valence-corrected chi connectivity index (χ3v) is 4.74. The average molecular weight is 350 g/mol. The number of nitrogens with one attached hydrogen (secondary N) is 1. The van der Waals surface area contributed by atoms with Gasteiger partial charge in [0.25, 0.3) is 10.0 Å². The summed E-state index contributed by atoms with van der Waals surface area (Å²) >= 11 is 3.28. The summed E-state index contributed by atoms with van der Waals surface area (Å²) in [4.78, 5) is 0.234. The maximum Gasteiger partial charge on any atom is 0.262 e. The summed E-state index contributed by atoms with van der Waals surface area (Å²) in [5, 5.41) is 0. The predicted molar refractivity (Wildman–Crippen MR) is 84.1 cm³/mol. The molecule has 0 radical (unpaired) electrons. The van der Waals surface area contributed by atoms with Crippen molar-refractivity contribution in [2.45, 2.75) is 11.8 Å². The van der Waals surface area contributed by atoms with E-state index in [0.29, 0.717) is 21.3 Å². The molecule has 0 aliphatic rings. The van der Waals surface area contributed by atoms with Crippen LogP contribution in [-0.4, -0.2) is 8.42 Å². The molecule has 1 N–H and O–H groups in total. The molecule has 0 bridgehead atoms. The van der Waals surface area contributed by atoms with Crippen molar-refractivity contribution in [3.05, 3.63) is 58.1 Å². The molecule has 0 aliphatic carbocycles. The Morgan fingerprint density at radius 3 is 2.65 bits per heavy atom. The first-order valence-corrected chi connectivity index (χ1v) is 8.05. The molecule has 0 fully saturated rings. The minimum Gasteiger partial charge on any atom is -0.280 e. The first-order chi connectivity index (χ1) is 9.42. The van der Waals surface area contributed by atoms with E-state index >= 15 is 0 Å².